The van der Waals surface area contributed by atoms with Gasteiger partial charge in [0.25, 0.3) is 0 Å². The zero-order valence-electron chi connectivity index (χ0n) is 12.7. The predicted molar refractivity (Wildman–Crippen MR) is 90.8 cm³/mol. The fraction of sp³-hybridized carbons (Fsp3) is 0.278. The lowest BCUT2D eigenvalue weighted by Gasteiger charge is -2.13. The highest BCUT2D eigenvalue weighted by atomic mass is 32.1. The molecule has 0 amide bonds. The van der Waals surface area contributed by atoms with Crippen LogP contribution in [0, 0.1) is 13.8 Å². The number of hydrogen-bond acceptors (Lipinski definition) is 3. The van der Waals surface area contributed by atoms with E-state index in [0.29, 0.717) is 6.04 Å². The number of benzene rings is 1. The third kappa shape index (κ3) is 2.99. The van der Waals surface area contributed by atoms with E-state index in [4.69, 9.17) is 0 Å². The van der Waals surface area contributed by atoms with E-state index in [1.807, 2.05) is 24.5 Å². The van der Waals surface area contributed by atoms with E-state index in [-0.39, 0.29) is 0 Å². The second kappa shape index (κ2) is 5.96. The number of nitrogens with zero attached hydrogens (tertiary/aromatic N) is 1. The molecule has 0 spiro atoms. The topological polar surface area (TPSA) is 24.9 Å². The minimum Gasteiger partial charge on any atom is -0.305 e. The van der Waals surface area contributed by atoms with Gasteiger partial charge in [-0.15, -0.1) is 11.3 Å². The summed E-state index contributed by atoms with van der Waals surface area (Å²) in [6.45, 7) is 7.32. The van der Waals surface area contributed by atoms with E-state index in [1.165, 1.54) is 26.1 Å². The van der Waals surface area contributed by atoms with E-state index in [1.54, 1.807) is 0 Å². The van der Waals surface area contributed by atoms with Crippen molar-refractivity contribution >= 4 is 21.4 Å². The largest absolute Gasteiger partial charge is 0.305 e. The molecule has 1 atom stereocenters. The van der Waals surface area contributed by atoms with Gasteiger partial charge in [0.2, 0.25) is 0 Å². The highest BCUT2D eigenvalue weighted by Crippen LogP contribution is 2.34. The maximum absolute atomic E-state index is 4.34. The van der Waals surface area contributed by atoms with E-state index in [0.717, 1.165) is 12.2 Å². The zero-order valence-corrected chi connectivity index (χ0v) is 13.5. The van der Waals surface area contributed by atoms with Crippen LogP contribution >= 0.6 is 11.3 Å². The predicted octanol–water partition coefficient (Wildman–Crippen LogP) is 4.76. The molecule has 1 N–H and O–H groups in total. The molecule has 108 valence electrons. The molecule has 3 rings (SSSR count). The minimum atomic E-state index is 0.351. The molecule has 0 fully saturated rings. The number of rotatable bonds is 4. The first-order valence-electron chi connectivity index (χ1n) is 7.28. The van der Waals surface area contributed by atoms with Crippen molar-refractivity contribution in [3.8, 4) is 0 Å². The molecular formula is C18H20N2S. The van der Waals surface area contributed by atoms with E-state index < -0.39 is 0 Å². The average Bonchev–Trinajstić information content (AvgIpc) is 2.84. The molecule has 2 aromatic heterocycles. The summed E-state index contributed by atoms with van der Waals surface area (Å²) < 4.78 is 1.37. The van der Waals surface area contributed by atoms with Crippen molar-refractivity contribution in [2.45, 2.75) is 33.4 Å². The van der Waals surface area contributed by atoms with Gasteiger partial charge >= 0.3 is 0 Å². The molecule has 1 aromatic carbocycles. The molecule has 0 saturated heterocycles. The first-order chi connectivity index (χ1) is 10.1. The Morgan fingerprint density at radius 3 is 2.67 bits per heavy atom. The average molecular weight is 296 g/mol. The van der Waals surface area contributed by atoms with E-state index >= 15 is 0 Å². The van der Waals surface area contributed by atoms with Crippen LogP contribution in [0.4, 0.5) is 0 Å². The summed E-state index contributed by atoms with van der Waals surface area (Å²) in [5.74, 6) is 0. The van der Waals surface area contributed by atoms with Crippen LogP contribution in [-0.2, 0) is 6.54 Å². The molecule has 0 radical (unpaired) electrons. The third-order valence-electron chi connectivity index (χ3n) is 3.86. The van der Waals surface area contributed by atoms with Crippen molar-refractivity contribution in [1.29, 1.82) is 0 Å². The minimum absolute atomic E-state index is 0.351. The van der Waals surface area contributed by atoms with Gasteiger partial charge in [-0.3, -0.25) is 4.98 Å². The molecule has 3 heteroatoms. The Bertz CT molecular complexity index is 744. The SMILES string of the molecule is Cc1ccc(CNC(C)c2sc3ccccc3c2C)cn1. The van der Waals surface area contributed by atoms with Crippen LogP contribution in [-0.4, -0.2) is 4.98 Å². The van der Waals surface area contributed by atoms with Crippen molar-refractivity contribution in [2.24, 2.45) is 0 Å². The molecule has 0 aliphatic heterocycles. The number of nitrogens with one attached hydrogen (secondary N) is 1. The number of pyridine rings is 1. The van der Waals surface area contributed by atoms with Crippen molar-refractivity contribution < 1.29 is 0 Å². The second-order valence-corrected chi connectivity index (χ2v) is 6.58. The Labute approximate surface area is 129 Å². The molecule has 2 nitrogen and oxygen atoms in total. The van der Waals surface area contributed by atoms with Gasteiger partial charge in [0.1, 0.15) is 0 Å². The van der Waals surface area contributed by atoms with Crippen LogP contribution < -0.4 is 5.32 Å². The summed E-state index contributed by atoms with van der Waals surface area (Å²) in [5.41, 5.74) is 3.69. The fourth-order valence-corrected chi connectivity index (χ4v) is 3.81. The molecule has 0 bridgehead atoms. The van der Waals surface area contributed by atoms with Gasteiger partial charge in [0.05, 0.1) is 0 Å². The van der Waals surface area contributed by atoms with Gasteiger partial charge < -0.3 is 5.32 Å². The summed E-state index contributed by atoms with van der Waals surface area (Å²) in [7, 11) is 0. The van der Waals surface area contributed by atoms with Gasteiger partial charge in [-0.2, -0.15) is 0 Å². The highest BCUT2D eigenvalue weighted by molar-refractivity contribution is 7.19. The molecule has 2 heterocycles. The molecule has 3 aromatic rings. The lowest BCUT2D eigenvalue weighted by molar-refractivity contribution is 0.580. The van der Waals surface area contributed by atoms with Crippen molar-refractivity contribution in [3.05, 3.63) is 64.3 Å². The summed E-state index contributed by atoms with van der Waals surface area (Å²) in [6.07, 6.45) is 1.95. The van der Waals surface area contributed by atoms with Crippen molar-refractivity contribution in [2.75, 3.05) is 0 Å². The lowest BCUT2D eigenvalue weighted by atomic mass is 10.1. The van der Waals surface area contributed by atoms with Gasteiger partial charge in [0.15, 0.2) is 0 Å². The smallest absolute Gasteiger partial charge is 0.0391 e. The standard InChI is InChI=1S/C18H20N2S/c1-12-8-9-15(10-19-12)11-20-14(3)18-13(2)16-6-4-5-7-17(16)21-18/h4-10,14,20H,11H2,1-3H3. The van der Waals surface area contributed by atoms with Crippen LogP contribution in [0.15, 0.2) is 42.6 Å². The molecule has 0 aliphatic carbocycles. The number of aryl methyl sites for hydroxylation is 2. The summed E-state index contributed by atoms with van der Waals surface area (Å²) in [5, 5.41) is 4.98. The maximum atomic E-state index is 4.34. The summed E-state index contributed by atoms with van der Waals surface area (Å²) in [6, 6.07) is 13.2. The number of fused-ring (bicyclic) bond motifs is 1. The number of thiophene rings is 1. The van der Waals surface area contributed by atoms with Crippen LogP contribution in [0.2, 0.25) is 0 Å². The first-order valence-corrected chi connectivity index (χ1v) is 8.10. The lowest BCUT2D eigenvalue weighted by Crippen LogP contribution is -2.17. The Balaban J connectivity index is 1.76. The van der Waals surface area contributed by atoms with Gasteiger partial charge in [-0.25, -0.2) is 0 Å². The molecule has 1 unspecified atom stereocenters. The van der Waals surface area contributed by atoms with E-state index in [9.17, 15) is 0 Å². The summed E-state index contributed by atoms with van der Waals surface area (Å²) in [4.78, 5) is 5.77. The third-order valence-corrected chi connectivity index (χ3v) is 5.31. The maximum Gasteiger partial charge on any atom is 0.0391 e. The first kappa shape index (κ1) is 14.2. The zero-order chi connectivity index (χ0) is 14.8. The Morgan fingerprint density at radius 2 is 1.95 bits per heavy atom. The summed E-state index contributed by atoms with van der Waals surface area (Å²) >= 11 is 1.89. The van der Waals surface area contributed by atoms with Gasteiger partial charge in [-0.1, -0.05) is 24.3 Å². The Morgan fingerprint density at radius 1 is 1.14 bits per heavy atom. The molecule has 0 aliphatic rings. The molecule has 21 heavy (non-hydrogen) atoms. The van der Waals surface area contributed by atoms with Gasteiger partial charge in [-0.05, 0) is 49.4 Å². The fourth-order valence-electron chi connectivity index (χ4n) is 2.57. The number of aromatic nitrogens is 1. The monoisotopic (exact) mass is 296 g/mol. The van der Waals surface area contributed by atoms with Crippen LogP contribution in [0.5, 0.6) is 0 Å². The van der Waals surface area contributed by atoms with Crippen LogP contribution in [0.1, 0.15) is 34.7 Å². The van der Waals surface area contributed by atoms with E-state index in [2.05, 4.69) is 60.5 Å². The second-order valence-electron chi connectivity index (χ2n) is 5.50. The molecular weight excluding hydrogens is 276 g/mol. The van der Waals surface area contributed by atoms with Crippen LogP contribution in [0.25, 0.3) is 10.1 Å². The van der Waals surface area contributed by atoms with Crippen LogP contribution in [0.3, 0.4) is 0 Å². The number of hydrogen-bond donors (Lipinski definition) is 1. The van der Waals surface area contributed by atoms with Crippen molar-refractivity contribution in [3.63, 3.8) is 0 Å². The van der Waals surface area contributed by atoms with Crippen molar-refractivity contribution in [1.82, 2.24) is 10.3 Å². The van der Waals surface area contributed by atoms with Gasteiger partial charge in [0, 0.05) is 34.1 Å². The Kier molecular flexibility index (Phi) is 4.04. The normalized spacial score (nSPS) is 12.7. The highest BCUT2D eigenvalue weighted by Gasteiger charge is 2.13. The molecule has 0 saturated carbocycles. The Hall–Kier alpha value is -1.71. The quantitative estimate of drug-likeness (QED) is 0.750.